The zero-order chi connectivity index (χ0) is 60.5. The number of rotatable bonds is 13. The average molecular weight is 1290 g/mol. The molecule has 4 saturated heterocycles. The molecule has 14 rings (SSSR count). The van der Waals surface area contributed by atoms with Crippen LogP contribution in [0.4, 0.5) is 43.4 Å². The summed E-state index contributed by atoms with van der Waals surface area (Å²) in [5.41, 5.74) is 16.8. The van der Waals surface area contributed by atoms with Crippen molar-refractivity contribution in [1.29, 1.82) is 0 Å². The summed E-state index contributed by atoms with van der Waals surface area (Å²) in [5.74, 6) is 4.08. The molecule has 12 heterocycles. The summed E-state index contributed by atoms with van der Waals surface area (Å²) in [7, 11) is -5.06. The molecule has 87 heavy (non-hydrogen) atoms. The second-order valence-corrected chi connectivity index (χ2v) is 27.9. The van der Waals surface area contributed by atoms with Crippen LogP contribution >= 0.6 is 22.7 Å². The molecule has 8 aromatic heterocycles. The molecule has 0 radical (unpaired) electrons. The third-order valence-corrected chi connectivity index (χ3v) is 20.4. The summed E-state index contributed by atoms with van der Waals surface area (Å²) in [6, 6.07) is 17.8. The third-order valence-electron chi connectivity index (χ3n) is 15.3. The molecule has 10 aromatic rings. The van der Waals surface area contributed by atoms with Crippen LogP contribution in [0.15, 0.2) is 91.6 Å². The first kappa shape index (κ1) is 59.6. The van der Waals surface area contributed by atoms with Crippen molar-refractivity contribution in [3.63, 3.8) is 0 Å². The van der Waals surface area contributed by atoms with Crippen LogP contribution in [0.5, 0.6) is 0 Å². The second kappa shape index (κ2) is 25.6. The number of piperidine rings is 1. The Morgan fingerprint density at radius 3 is 1.47 bits per heavy atom. The monoisotopic (exact) mass is 1290 g/mol. The number of thiazole rings is 2. The minimum absolute atomic E-state index is 0.00763. The van der Waals surface area contributed by atoms with Gasteiger partial charge in [0.2, 0.25) is 23.5 Å². The number of anilines is 6. The van der Waals surface area contributed by atoms with Crippen LogP contribution in [0.25, 0.3) is 55.2 Å². The van der Waals surface area contributed by atoms with Gasteiger partial charge in [-0.25, -0.2) is 18.7 Å². The van der Waals surface area contributed by atoms with Crippen molar-refractivity contribution < 1.29 is 38.6 Å². The number of piperazine rings is 1. The fourth-order valence-electron chi connectivity index (χ4n) is 10.8. The van der Waals surface area contributed by atoms with Crippen LogP contribution in [0.2, 0.25) is 0 Å². The van der Waals surface area contributed by atoms with Crippen LogP contribution in [0, 0.1) is 11.6 Å². The number of benzene rings is 2. The van der Waals surface area contributed by atoms with E-state index in [9.17, 15) is 30.8 Å². The fraction of sp³-hybridized carbons (Fsp3) is 0.407. The molecule has 0 saturated carbocycles. The van der Waals surface area contributed by atoms with E-state index in [-0.39, 0.29) is 46.4 Å². The molecule has 4 aliphatic rings. The van der Waals surface area contributed by atoms with Crippen LogP contribution < -0.4 is 40.8 Å². The molecular formula is C54H61F2N17O9S5. The van der Waals surface area contributed by atoms with E-state index in [1.54, 1.807) is 47.2 Å². The molecule has 0 bridgehead atoms. The standard InChI is InChI=1S/C26H28FN9O3S2.C15H21FN2OS.C13H12N6O5S2/c27-18-16-17(33-11-14-41(38)15-12-33)3-4-19(18)34-8-5-32(6-9-34)7-10-35-23-21(40-26(35)37)24-29-22(20-2-1-13-39-20)31-36(24)25(28)30-23;16-14-12-13(17-8-10-20(19)11-9-17)4-5-15(14)18-6-2-1-3-7-18;1-26(21,22)24-6-4-18-10-8(25-13(18)20)11-15-9(7-3-2-5-23-7)17-19(11)12(14)16-10/h1-4,13,16H,5-12,14-15H2,(H2,28,30);4-5,12H,1-3,6-11H2;2-3,5H,4,6H2,1H3,(H2,14,16). The van der Waals surface area contributed by atoms with Gasteiger partial charge in [0.15, 0.2) is 34.1 Å². The molecule has 4 fully saturated rings. The van der Waals surface area contributed by atoms with E-state index in [4.69, 9.17) is 20.3 Å². The van der Waals surface area contributed by atoms with Crippen molar-refractivity contribution >= 4 is 121 Å². The highest BCUT2D eigenvalue weighted by Gasteiger charge is 2.26. The number of nitrogens with two attached hydrogens (primary N) is 2. The van der Waals surface area contributed by atoms with E-state index in [0.717, 1.165) is 98.1 Å². The maximum Gasteiger partial charge on any atom is 0.309 e. The minimum Gasteiger partial charge on any atom is -0.461 e. The molecule has 2 aromatic carbocycles. The predicted octanol–water partition coefficient (Wildman–Crippen LogP) is 4.58. The van der Waals surface area contributed by atoms with Crippen molar-refractivity contribution in [3.8, 4) is 23.2 Å². The van der Waals surface area contributed by atoms with E-state index in [0.29, 0.717) is 123 Å². The Bertz CT molecular complexity index is 4380. The molecule has 33 heteroatoms. The number of hydrogen-bond acceptors (Lipinski definition) is 24. The van der Waals surface area contributed by atoms with Crippen molar-refractivity contribution in [1.82, 2.24) is 53.2 Å². The van der Waals surface area contributed by atoms with E-state index in [1.807, 2.05) is 24.3 Å². The molecule has 0 unspecified atom stereocenters. The molecule has 4 N–H and O–H groups in total. The number of aromatic nitrogens is 10. The molecule has 0 aliphatic carbocycles. The Kier molecular flexibility index (Phi) is 17.5. The van der Waals surface area contributed by atoms with Gasteiger partial charge < -0.3 is 39.9 Å². The third kappa shape index (κ3) is 13.1. The Labute approximate surface area is 508 Å². The summed E-state index contributed by atoms with van der Waals surface area (Å²) in [6.45, 7) is 8.56. The molecule has 26 nitrogen and oxygen atoms in total. The lowest BCUT2D eigenvalue weighted by atomic mass is 10.1. The van der Waals surface area contributed by atoms with Gasteiger partial charge in [-0.1, -0.05) is 22.7 Å². The molecule has 460 valence electrons. The van der Waals surface area contributed by atoms with Gasteiger partial charge in [0.25, 0.3) is 10.1 Å². The number of halogens is 2. The van der Waals surface area contributed by atoms with Gasteiger partial charge in [0.1, 0.15) is 21.0 Å². The van der Waals surface area contributed by atoms with Crippen LogP contribution in [0.1, 0.15) is 19.3 Å². The Hall–Kier alpha value is -7.69. The average Bonchev–Trinajstić information content (AvgIpc) is 2.15. The van der Waals surface area contributed by atoms with Gasteiger partial charge in [-0.05, 0) is 79.9 Å². The number of nitrogens with zero attached hydrogens (tertiary/aromatic N) is 15. The first-order valence-electron chi connectivity index (χ1n) is 28.1. The lowest BCUT2D eigenvalue weighted by Gasteiger charge is -2.36. The van der Waals surface area contributed by atoms with Gasteiger partial charge in [0, 0.05) is 135 Å². The van der Waals surface area contributed by atoms with Crippen LogP contribution in [0.3, 0.4) is 0 Å². The number of fused-ring (bicyclic) bond motifs is 6. The zero-order valence-corrected chi connectivity index (χ0v) is 51.2. The first-order chi connectivity index (χ1) is 42.0. The zero-order valence-electron chi connectivity index (χ0n) is 47.1. The Morgan fingerprint density at radius 1 is 0.575 bits per heavy atom. The molecule has 0 amide bonds. The number of nitrogen functional groups attached to an aromatic ring is 2. The Morgan fingerprint density at radius 2 is 1.03 bits per heavy atom. The fourth-order valence-corrected chi connectivity index (χ4v) is 15.2. The highest BCUT2D eigenvalue weighted by Crippen LogP contribution is 2.31. The van der Waals surface area contributed by atoms with E-state index >= 15 is 4.39 Å². The van der Waals surface area contributed by atoms with Gasteiger partial charge in [0.05, 0.1) is 43.3 Å². The van der Waals surface area contributed by atoms with Gasteiger partial charge in [-0.3, -0.25) is 36.2 Å². The summed E-state index contributed by atoms with van der Waals surface area (Å²) in [4.78, 5) is 53.1. The second-order valence-electron chi connectivity index (χ2n) is 20.9. The highest BCUT2D eigenvalue weighted by atomic mass is 32.2. The van der Waals surface area contributed by atoms with Gasteiger partial charge in [-0.15, -0.1) is 10.2 Å². The van der Waals surface area contributed by atoms with Gasteiger partial charge in [-0.2, -0.15) is 27.4 Å². The summed E-state index contributed by atoms with van der Waals surface area (Å²) < 4.78 is 96.8. The van der Waals surface area contributed by atoms with Crippen molar-refractivity contribution in [2.45, 2.75) is 32.4 Å². The summed E-state index contributed by atoms with van der Waals surface area (Å²) in [6.07, 6.45) is 7.53. The van der Waals surface area contributed by atoms with Crippen molar-refractivity contribution in [2.75, 3.05) is 139 Å². The molecule has 0 atom stereocenters. The maximum absolute atomic E-state index is 15.1. The minimum atomic E-state index is -3.60. The van der Waals surface area contributed by atoms with Crippen LogP contribution in [-0.4, -0.2) is 178 Å². The number of hydrogen-bond donors (Lipinski definition) is 2. The molecular weight excluding hydrogens is 1230 g/mol. The number of furan rings is 2. The van der Waals surface area contributed by atoms with E-state index < -0.39 is 31.7 Å². The van der Waals surface area contributed by atoms with E-state index in [1.165, 1.54) is 26.3 Å². The van der Waals surface area contributed by atoms with Gasteiger partial charge >= 0.3 is 9.75 Å². The van der Waals surface area contributed by atoms with Crippen molar-refractivity contribution in [3.05, 3.63) is 104 Å². The Balaban J connectivity index is 0.000000138. The normalized spacial score (nSPS) is 16.7. The lowest BCUT2D eigenvalue weighted by molar-refractivity contribution is 0.248. The first-order valence-corrected chi connectivity index (χ1v) is 34.5. The predicted molar refractivity (Wildman–Crippen MR) is 334 cm³/mol. The van der Waals surface area contributed by atoms with Crippen molar-refractivity contribution in [2.24, 2.45) is 0 Å². The SMILES string of the molecule is CS(=O)(=O)OCCn1c(=O)sc2c1nc(N)n1nc(-c3ccco3)nc21.Nc1nc2c(sc(=O)n2CCN2CCN(c3ccc(N4CCS(=O)CC4)cc3F)CC2)c2nc(-c3ccco3)nn12.O=S1CCN(c2ccc(N3CCCCC3)c(F)c2)CC1. The molecule has 4 aliphatic heterocycles. The largest absolute Gasteiger partial charge is 0.461 e. The van der Waals surface area contributed by atoms with E-state index in [2.05, 4.69) is 58.8 Å². The summed E-state index contributed by atoms with van der Waals surface area (Å²) in [5, 5.41) is 8.65. The smallest absolute Gasteiger partial charge is 0.309 e. The topological polar surface area (TPSA) is 302 Å². The maximum atomic E-state index is 15.1. The lowest BCUT2D eigenvalue weighted by Crippen LogP contribution is -2.47. The van der Waals surface area contributed by atoms with Crippen LogP contribution in [-0.2, 0) is 49.0 Å². The quantitative estimate of drug-likeness (QED) is 0.149. The summed E-state index contributed by atoms with van der Waals surface area (Å²) >= 11 is 1.99. The molecule has 0 spiro atoms. The highest BCUT2D eigenvalue weighted by molar-refractivity contribution is 7.86.